The zero-order chi connectivity index (χ0) is 11.7. The molecule has 0 aliphatic heterocycles. The molecule has 0 saturated heterocycles. The van der Waals surface area contributed by atoms with Crippen molar-refractivity contribution >= 4 is 23.4 Å². The SMILES string of the molecule is CCCCN(CCCl)CCSC(F)(F)F. The Balaban J connectivity index is 3.65. The van der Waals surface area contributed by atoms with E-state index < -0.39 is 5.51 Å². The van der Waals surface area contributed by atoms with Crippen LogP contribution >= 0.6 is 23.4 Å². The molecule has 0 aliphatic carbocycles. The summed E-state index contributed by atoms with van der Waals surface area (Å²) < 4.78 is 35.6. The Morgan fingerprint density at radius 2 is 1.87 bits per heavy atom. The van der Waals surface area contributed by atoms with Gasteiger partial charge in [0.25, 0.3) is 0 Å². The number of halogens is 4. The molecule has 0 radical (unpaired) electrons. The summed E-state index contributed by atoms with van der Waals surface area (Å²) in [5.41, 5.74) is -4.11. The Morgan fingerprint density at radius 3 is 2.33 bits per heavy atom. The number of nitrogens with zero attached hydrogens (tertiary/aromatic N) is 1. The predicted molar refractivity (Wildman–Crippen MR) is 60.6 cm³/mol. The zero-order valence-corrected chi connectivity index (χ0v) is 10.4. The van der Waals surface area contributed by atoms with Crippen molar-refractivity contribution in [2.24, 2.45) is 0 Å². The van der Waals surface area contributed by atoms with Crippen molar-refractivity contribution in [1.82, 2.24) is 4.90 Å². The van der Waals surface area contributed by atoms with Crippen LogP contribution in [0.15, 0.2) is 0 Å². The molecule has 0 aromatic rings. The van der Waals surface area contributed by atoms with Gasteiger partial charge in [-0.25, -0.2) is 0 Å². The largest absolute Gasteiger partial charge is 0.441 e. The molecule has 6 heteroatoms. The first-order valence-electron chi connectivity index (χ1n) is 4.98. The fraction of sp³-hybridized carbons (Fsp3) is 1.00. The van der Waals surface area contributed by atoms with Gasteiger partial charge in [0.2, 0.25) is 0 Å². The lowest BCUT2D eigenvalue weighted by atomic mass is 10.3. The Kier molecular flexibility index (Phi) is 8.75. The van der Waals surface area contributed by atoms with E-state index in [1.165, 1.54) is 0 Å². The van der Waals surface area contributed by atoms with E-state index in [-0.39, 0.29) is 17.5 Å². The molecule has 0 saturated carbocycles. The summed E-state index contributed by atoms with van der Waals surface area (Å²) in [4.78, 5) is 1.98. The quantitative estimate of drug-likeness (QED) is 0.616. The number of hydrogen-bond donors (Lipinski definition) is 0. The van der Waals surface area contributed by atoms with Gasteiger partial charge in [0.05, 0.1) is 0 Å². The van der Waals surface area contributed by atoms with Crippen LogP contribution in [0.4, 0.5) is 13.2 Å². The summed E-state index contributed by atoms with van der Waals surface area (Å²) in [6.07, 6.45) is 2.05. The summed E-state index contributed by atoms with van der Waals surface area (Å²) in [5, 5.41) is 0. The molecule has 0 aliphatic rings. The third kappa shape index (κ3) is 10.7. The first-order chi connectivity index (χ1) is 6.99. The van der Waals surface area contributed by atoms with Crippen LogP contribution in [0.2, 0.25) is 0 Å². The average Bonchev–Trinajstić information content (AvgIpc) is 2.12. The van der Waals surface area contributed by atoms with Crippen LogP contribution in [0.3, 0.4) is 0 Å². The molecule has 0 aromatic heterocycles. The number of alkyl halides is 4. The van der Waals surface area contributed by atoms with Crippen molar-refractivity contribution in [3.05, 3.63) is 0 Å². The normalized spacial score (nSPS) is 12.4. The molecule has 0 heterocycles. The molecule has 92 valence electrons. The fourth-order valence-corrected chi connectivity index (χ4v) is 1.95. The van der Waals surface area contributed by atoms with E-state index in [0.29, 0.717) is 19.0 Å². The maximum atomic E-state index is 11.9. The van der Waals surface area contributed by atoms with Crippen molar-refractivity contribution < 1.29 is 13.2 Å². The van der Waals surface area contributed by atoms with Crippen LogP contribution in [0.5, 0.6) is 0 Å². The van der Waals surface area contributed by atoms with Crippen molar-refractivity contribution in [1.29, 1.82) is 0 Å². The van der Waals surface area contributed by atoms with E-state index >= 15 is 0 Å². The summed E-state index contributed by atoms with van der Waals surface area (Å²) in [6.45, 7) is 4.02. The minimum Gasteiger partial charge on any atom is -0.301 e. The number of rotatable bonds is 8. The Morgan fingerprint density at radius 1 is 1.20 bits per heavy atom. The van der Waals surface area contributed by atoms with Gasteiger partial charge in [-0.3, -0.25) is 0 Å². The van der Waals surface area contributed by atoms with E-state index in [0.717, 1.165) is 19.4 Å². The summed E-state index contributed by atoms with van der Waals surface area (Å²) in [5.74, 6) is 0.560. The third-order valence-corrected chi connectivity index (χ3v) is 2.78. The van der Waals surface area contributed by atoms with E-state index in [1.54, 1.807) is 0 Å². The van der Waals surface area contributed by atoms with Crippen molar-refractivity contribution in [2.45, 2.75) is 25.3 Å². The minimum absolute atomic E-state index is 0.0365. The standard InChI is InChI=1S/C9H17ClF3NS/c1-2-3-5-14(6-4-10)7-8-15-9(11,12)13/h2-8H2,1H3. The van der Waals surface area contributed by atoms with Crippen LogP contribution in [0.1, 0.15) is 19.8 Å². The smallest absolute Gasteiger partial charge is 0.301 e. The molecule has 0 rings (SSSR count). The average molecular weight is 264 g/mol. The first kappa shape index (κ1) is 15.4. The molecule has 0 aromatic carbocycles. The molecule has 0 unspecified atom stereocenters. The molecule has 0 N–H and O–H groups in total. The molecular weight excluding hydrogens is 247 g/mol. The molecule has 0 bridgehead atoms. The minimum atomic E-state index is -4.11. The van der Waals surface area contributed by atoms with Crippen molar-refractivity contribution in [3.63, 3.8) is 0 Å². The lowest BCUT2D eigenvalue weighted by molar-refractivity contribution is -0.0328. The first-order valence-corrected chi connectivity index (χ1v) is 6.50. The molecule has 0 fully saturated rings. The zero-order valence-electron chi connectivity index (χ0n) is 8.82. The molecule has 0 amide bonds. The fourth-order valence-electron chi connectivity index (χ4n) is 1.13. The van der Waals surface area contributed by atoms with Crippen molar-refractivity contribution in [3.8, 4) is 0 Å². The van der Waals surface area contributed by atoms with Gasteiger partial charge < -0.3 is 4.90 Å². The Bertz CT molecular complexity index is 155. The molecule has 0 spiro atoms. The van der Waals surface area contributed by atoms with Gasteiger partial charge in [-0.2, -0.15) is 13.2 Å². The maximum absolute atomic E-state index is 11.9. The van der Waals surface area contributed by atoms with E-state index in [2.05, 4.69) is 6.92 Å². The summed E-state index contributed by atoms with van der Waals surface area (Å²) in [7, 11) is 0. The number of hydrogen-bond acceptors (Lipinski definition) is 2. The lowest BCUT2D eigenvalue weighted by Crippen LogP contribution is -2.29. The van der Waals surface area contributed by atoms with Gasteiger partial charge in [-0.1, -0.05) is 13.3 Å². The highest BCUT2D eigenvalue weighted by Crippen LogP contribution is 2.29. The van der Waals surface area contributed by atoms with Gasteiger partial charge in [-0.05, 0) is 24.7 Å². The van der Waals surface area contributed by atoms with Crippen LogP contribution in [0.25, 0.3) is 0 Å². The summed E-state index contributed by atoms with van der Waals surface area (Å²) >= 11 is 5.61. The molecule has 0 atom stereocenters. The second kappa shape index (κ2) is 8.53. The Hall–Kier alpha value is 0.390. The number of unbranched alkanes of at least 4 members (excludes halogenated alkanes) is 1. The number of thioether (sulfide) groups is 1. The van der Waals surface area contributed by atoms with Crippen LogP contribution in [0, 0.1) is 0 Å². The van der Waals surface area contributed by atoms with Gasteiger partial charge in [0, 0.05) is 24.7 Å². The molecular formula is C9H17ClF3NS. The van der Waals surface area contributed by atoms with Crippen molar-refractivity contribution in [2.75, 3.05) is 31.3 Å². The van der Waals surface area contributed by atoms with Crippen LogP contribution in [-0.2, 0) is 0 Å². The molecule has 1 nitrogen and oxygen atoms in total. The topological polar surface area (TPSA) is 3.24 Å². The summed E-state index contributed by atoms with van der Waals surface area (Å²) in [6, 6.07) is 0. The second-order valence-corrected chi connectivity index (χ2v) is 4.72. The van der Waals surface area contributed by atoms with Gasteiger partial charge in [0.1, 0.15) is 0 Å². The van der Waals surface area contributed by atoms with Gasteiger partial charge in [0.15, 0.2) is 0 Å². The second-order valence-electron chi connectivity index (χ2n) is 3.18. The highest BCUT2D eigenvalue weighted by Gasteiger charge is 2.27. The van der Waals surface area contributed by atoms with Gasteiger partial charge in [-0.15, -0.1) is 11.6 Å². The van der Waals surface area contributed by atoms with Gasteiger partial charge >= 0.3 is 5.51 Å². The highest BCUT2D eigenvalue weighted by atomic mass is 35.5. The predicted octanol–water partition coefficient (Wildman–Crippen LogP) is 3.58. The highest BCUT2D eigenvalue weighted by molar-refractivity contribution is 8.00. The maximum Gasteiger partial charge on any atom is 0.441 e. The van der Waals surface area contributed by atoms with E-state index in [1.807, 2.05) is 4.90 Å². The Labute approximate surface area is 98.3 Å². The monoisotopic (exact) mass is 263 g/mol. The van der Waals surface area contributed by atoms with E-state index in [9.17, 15) is 13.2 Å². The van der Waals surface area contributed by atoms with Crippen LogP contribution < -0.4 is 0 Å². The van der Waals surface area contributed by atoms with Crippen LogP contribution in [-0.4, -0.2) is 41.7 Å². The third-order valence-electron chi connectivity index (χ3n) is 1.90. The molecule has 15 heavy (non-hydrogen) atoms. The van der Waals surface area contributed by atoms with E-state index in [4.69, 9.17) is 11.6 Å². The lowest BCUT2D eigenvalue weighted by Gasteiger charge is -2.20.